The topological polar surface area (TPSA) is 32.6 Å². The van der Waals surface area contributed by atoms with Crippen LogP contribution >= 0.6 is 24.2 Å². The molecule has 4 heteroatoms. The largest absolute Gasteiger partial charge is 0.508 e. The Morgan fingerprint density at radius 2 is 2.06 bits per heavy atom. The van der Waals surface area contributed by atoms with Crippen LogP contribution in [-0.4, -0.2) is 21.9 Å². The molecule has 1 heterocycles. The van der Waals surface area contributed by atoms with Crippen molar-refractivity contribution in [3.8, 4) is 5.75 Å². The van der Waals surface area contributed by atoms with Crippen LogP contribution in [0, 0.1) is 6.92 Å². The van der Waals surface area contributed by atoms with Crippen LogP contribution in [0.1, 0.15) is 43.4 Å². The summed E-state index contributed by atoms with van der Waals surface area (Å²) >= 11 is 1.83. The molecule has 1 atom stereocenters. The molecule has 0 aromatic heterocycles. The molecule has 18 heavy (non-hydrogen) atoms. The number of halogens is 1. The molecule has 1 N–H and O–H groups in total. The van der Waals surface area contributed by atoms with Gasteiger partial charge < -0.3 is 5.11 Å². The molecule has 1 aliphatic heterocycles. The van der Waals surface area contributed by atoms with Crippen molar-refractivity contribution in [3.63, 3.8) is 0 Å². The fourth-order valence-corrected chi connectivity index (χ4v) is 3.05. The van der Waals surface area contributed by atoms with Crippen LogP contribution in [0.15, 0.2) is 17.1 Å². The number of hydrogen-bond donors (Lipinski definition) is 1. The number of thioether (sulfide) groups is 1. The summed E-state index contributed by atoms with van der Waals surface area (Å²) in [4.78, 5) is 4.58. The molecule has 100 valence electrons. The van der Waals surface area contributed by atoms with E-state index in [2.05, 4.69) is 31.8 Å². The molecule has 2 rings (SSSR count). The van der Waals surface area contributed by atoms with E-state index in [4.69, 9.17) is 0 Å². The third kappa shape index (κ3) is 3.01. The molecule has 1 aromatic carbocycles. The Morgan fingerprint density at radius 1 is 1.39 bits per heavy atom. The highest BCUT2D eigenvalue weighted by Gasteiger charge is 2.20. The van der Waals surface area contributed by atoms with E-state index in [-0.39, 0.29) is 12.4 Å². The molecule has 1 aromatic rings. The zero-order chi connectivity index (χ0) is 12.6. The average Bonchev–Trinajstić information content (AvgIpc) is 2.64. The predicted molar refractivity (Wildman–Crippen MR) is 82.6 cm³/mol. The molecular weight excluding hydrogens is 266 g/mol. The number of phenolic OH excluding ortho intramolecular Hbond substituents is 1. The first kappa shape index (κ1) is 15.4. The van der Waals surface area contributed by atoms with Crippen molar-refractivity contribution in [1.82, 2.24) is 0 Å². The smallest absolute Gasteiger partial charge is 0.119 e. The molecule has 0 spiro atoms. The molecular formula is C14H20ClNOS. The Bertz CT molecular complexity index is 471. The first-order chi connectivity index (χ1) is 7.99. The third-order valence-electron chi connectivity index (χ3n) is 3.03. The van der Waals surface area contributed by atoms with Crippen LogP contribution < -0.4 is 0 Å². The third-order valence-corrected chi connectivity index (χ3v) is 4.15. The van der Waals surface area contributed by atoms with E-state index in [1.807, 2.05) is 24.8 Å². The van der Waals surface area contributed by atoms with Crippen molar-refractivity contribution in [1.29, 1.82) is 0 Å². The average molecular weight is 286 g/mol. The standard InChI is InChI=1S/C14H19NOS.ClH/c1-8(2)11-6-12(9(3)5-13(11)16)14-15-7-10(4)17-14;/h5-6,8,10,16H,7H2,1-4H3;1H. The van der Waals surface area contributed by atoms with Crippen LogP contribution in [-0.2, 0) is 0 Å². The Morgan fingerprint density at radius 3 is 2.56 bits per heavy atom. The van der Waals surface area contributed by atoms with E-state index in [0.29, 0.717) is 16.9 Å². The van der Waals surface area contributed by atoms with Gasteiger partial charge in [-0.3, -0.25) is 4.99 Å². The second kappa shape index (κ2) is 5.98. The van der Waals surface area contributed by atoms with Gasteiger partial charge in [-0.1, -0.05) is 20.8 Å². The van der Waals surface area contributed by atoms with E-state index in [1.54, 1.807) is 0 Å². The Kier molecular flexibility index (Phi) is 5.11. The second-order valence-electron chi connectivity index (χ2n) is 4.95. The first-order valence-electron chi connectivity index (χ1n) is 6.04. The van der Waals surface area contributed by atoms with Crippen molar-refractivity contribution >= 4 is 29.2 Å². The van der Waals surface area contributed by atoms with Gasteiger partial charge in [-0.25, -0.2) is 0 Å². The quantitative estimate of drug-likeness (QED) is 0.886. The summed E-state index contributed by atoms with van der Waals surface area (Å²) in [6.07, 6.45) is 0. The van der Waals surface area contributed by atoms with Crippen molar-refractivity contribution in [2.75, 3.05) is 6.54 Å². The lowest BCUT2D eigenvalue weighted by Gasteiger charge is -2.13. The summed E-state index contributed by atoms with van der Waals surface area (Å²) in [5.41, 5.74) is 3.29. The Labute approximate surface area is 119 Å². The zero-order valence-electron chi connectivity index (χ0n) is 11.2. The van der Waals surface area contributed by atoms with Gasteiger partial charge >= 0.3 is 0 Å². The maximum atomic E-state index is 9.93. The van der Waals surface area contributed by atoms with Crippen LogP contribution in [0.4, 0.5) is 0 Å². The van der Waals surface area contributed by atoms with Crippen LogP contribution in [0.3, 0.4) is 0 Å². The van der Waals surface area contributed by atoms with Crippen molar-refractivity contribution in [3.05, 3.63) is 28.8 Å². The highest BCUT2D eigenvalue weighted by molar-refractivity contribution is 8.15. The summed E-state index contributed by atoms with van der Waals surface area (Å²) in [7, 11) is 0. The number of hydrogen-bond acceptors (Lipinski definition) is 3. The van der Waals surface area contributed by atoms with E-state index in [1.165, 1.54) is 5.56 Å². The number of phenols is 1. The number of aromatic hydroxyl groups is 1. The minimum Gasteiger partial charge on any atom is -0.508 e. The number of rotatable bonds is 2. The number of aryl methyl sites for hydroxylation is 1. The molecule has 1 aliphatic rings. The van der Waals surface area contributed by atoms with E-state index >= 15 is 0 Å². The lowest BCUT2D eigenvalue weighted by molar-refractivity contribution is 0.464. The van der Waals surface area contributed by atoms with Gasteiger partial charge in [-0.05, 0) is 36.1 Å². The monoisotopic (exact) mass is 285 g/mol. The summed E-state index contributed by atoms with van der Waals surface area (Å²) in [5.74, 6) is 0.733. The molecule has 0 radical (unpaired) electrons. The molecule has 0 bridgehead atoms. The molecule has 0 amide bonds. The summed E-state index contributed by atoms with van der Waals surface area (Å²) in [6, 6.07) is 3.95. The minimum atomic E-state index is 0. The van der Waals surface area contributed by atoms with Gasteiger partial charge in [-0.2, -0.15) is 0 Å². The van der Waals surface area contributed by atoms with Crippen LogP contribution in [0.2, 0.25) is 0 Å². The fraction of sp³-hybridized carbons (Fsp3) is 0.500. The zero-order valence-corrected chi connectivity index (χ0v) is 12.9. The van der Waals surface area contributed by atoms with Gasteiger partial charge in [0, 0.05) is 10.8 Å². The molecule has 2 nitrogen and oxygen atoms in total. The summed E-state index contributed by atoms with van der Waals surface area (Å²) < 4.78 is 0. The fourth-order valence-electron chi connectivity index (χ4n) is 2.03. The molecule has 0 saturated heterocycles. The maximum Gasteiger partial charge on any atom is 0.119 e. The molecule has 0 saturated carbocycles. The second-order valence-corrected chi connectivity index (χ2v) is 6.38. The van der Waals surface area contributed by atoms with Gasteiger partial charge in [0.2, 0.25) is 0 Å². The predicted octanol–water partition coefficient (Wildman–Crippen LogP) is 4.13. The minimum absolute atomic E-state index is 0. The highest BCUT2D eigenvalue weighted by Crippen LogP contribution is 2.33. The molecule has 1 unspecified atom stereocenters. The van der Waals surface area contributed by atoms with Crippen LogP contribution in [0.5, 0.6) is 5.75 Å². The van der Waals surface area contributed by atoms with Gasteiger partial charge in [0.05, 0.1) is 11.6 Å². The van der Waals surface area contributed by atoms with Crippen molar-refractivity contribution < 1.29 is 5.11 Å². The summed E-state index contributed by atoms with van der Waals surface area (Å²) in [5, 5.41) is 11.6. The van der Waals surface area contributed by atoms with Crippen molar-refractivity contribution in [2.45, 2.75) is 38.9 Å². The van der Waals surface area contributed by atoms with Gasteiger partial charge in [-0.15, -0.1) is 24.2 Å². The SMILES string of the molecule is Cc1cc(O)c(C(C)C)cc1C1=NCC(C)S1.Cl. The number of nitrogens with zero attached hydrogens (tertiary/aromatic N) is 1. The number of benzene rings is 1. The Hall–Kier alpha value is -0.670. The Balaban J connectivity index is 0.00000162. The van der Waals surface area contributed by atoms with E-state index in [0.717, 1.165) is 22.7 Å². The first-order valence-corrected chi connectivity index (χ1v) is 6.92. The van der Waals surface area contributed by atoms with E-state index in [9.17, 15) is 5.11 Å². The van der Waals surface area contributed by atoms with Gasteiger partial charge in [0.15, 0.2) is 0 Å². The lowest BCUT2D eigenvalue weighted by atomic mass is 9.97. The highest BCUT2D eigenvalue weighted by atomic mass is 35.5. The molecule has 0 aliphatic carbocycles. The van der Waals surface area contributed by atoms with Gasteiger partial charge in [0.25, 0.3) is 0 Å². The van der Waals surface area contributed by atoms with Crippen LogP contribution in [0.25, 0.3) is 0 Å². The lowest BCUT2D eigenvalue weighted by Crippen LogP contribution is -2.01. The van der Waals surface area contributed by atoms with E-state index < -0.39 is 0 Å². The number of aliphatic imine (C=N–C) groups is 1. The summed E-state index contributed by atoms with van der Waals surface area (Å²) in [6.45, 7) is 9.32. The normalized spacial score (nSPS) is 18.7. The van der Waals surface area contributed by atoms with Crippen molar-refractivity contribution in [2.24, 2.45) is 4.99 Å². The maximum absolute atomic E-state index is 9.93. The molecule has 0 fully saturated rings. The van der Waals surface area contributed by atoms with Gasteiger partial charge in [0.1, 0.15) is 5.75 Å².